The molecule has 0 aliphatic rings. The van der Waals surface area contributed by atoms with Gasteiger partial charge in [-0.25, -0.2) is 4.98 Å². The number of nitrogens with one attached hydrogen (secondary N) is 1. The molecule has 2 heterocycles. The van der Waals surface area contributed by atoms with Crippen LogP contribution in [0.4, 0.5) is 5.82 Å². The number of hydrogen-bond acceptors (Lipinski definition) is 3. The molecule has 1 N–H and O–H groups in total. The highest BCUT2D eigenvalue weighted by Gasteiger charge is 2.09. The van der Waals surface area contributed by atoms with Crippen LogP contribution in [0.15, 0.2) is 41.7 Å². The number of aromatic nitrogens is 2. The summed E-state index contributed by atoms with van der Waals surface area (Å²) in [5.41, 5.74) is 2.39. The van der Waals surface area contributed by atoms with Crippen molar-refractivity contribution >= 4 is 11.8 Å². The molecular weight excluding hydrogens is 312 g/mol. The lowest BCUT2D eigenvalue weighted by Gasteiger charge is -2.23. The van der Waals surface area contributed by atoms with Gasteiger partial charge in [-0.3, -0.25) is 4.99 Å². The zero-order chi connectivity index (χ0) is 18.2. The van der Waals surface area contributed by atoms with E-state index in [-0.39, 0.29) is 0 Å². The second-order valence-electron chi connectivity index (χ2n) is 6.06. The Balaban J connectivity index is 1.93. The fourth-order valence-corrected chi connectivity index (χ4v) is 2.80. The van der Waals surface area contributed by atoms with Crippen molar-refractivity contribution in [3.8, 4) is 0 Å². The van der Waals surface area contributed by atoms with Gasteiger partial charge < -0.3 is 19.7 Å². The Morgan fingerprint density at radius 3 is 2.52 bits per heavy atom. The largest absolute Gasteiger partial charge is 0.357 e. The first-order valence-electron chi connectivity index (χ1n) is 8.80. The van der Waals surface area contributed by atoms with Gasteiger partial charge in [-0.2, -0.15) is 0 Å². The highest BCUT2D eigenvalue weighted by molar-refractivity contribution is 5.79. The predicted molar refractivity (Wildman–Crippen MR) is 105 cm³/mol. The zero-order valence-corrected chi connectivity index (χ0v) is 16.0. The minimum atomic E-state index is 0.704. The Hall–Kier alpha value is -2.50. The first-order valence-corrected chi connectivity index (χ1v) is 8.80. The van der Waals surface area contributed by atoms with Crippen LogP contribution in [0, 0.1) is 0 Å². The minimum Gasteiger partial charge on any atom is -0.357 e. The number of aliphatic imine (C=N–C) groups is 1. The topological polar surface area (TPSA) is 48.7 Å². The van der Waals surface area contributed by atoms with E-state index in [2.05, 4.69) is 81.0 Å². The maximum absolute atomic E-state index is 4.57. The van der Waals surface area contributed by atoms with E-state index >= 15 is 0 Å². The molecule has 136 valence electrons. The van der Waals surface area contributed by atoms with Crippen LogP contribution in [0.5, 0.6) is 0 Å². The molecule has 0 fully saturated rings. The Bertz CT molecular complexity index is 669. The smallest absolute Gasteiger partial charge is 0.194 e. The molecule has 25 heavy (non-hydrogen) atoms. The highest BCUT2D eigenvalue weighted by Crippen LogP contribution is 2.11. The van der Waals surface area contributed by atoms with Gasteiger partial charge in [0.25, 0.3) is 0 Å². The van der Waals surface area contributed by atoms with Gasteiger partial charge in [0.1, 0.15) is 5.82 Å². The third kappa shape index (κ3) is 4.98. The second-order valence-corrected chi connectivity index (χ2v) is 6.06. The second kappa shape index (κ2) is 9.11. The van der Waals surface area contributed by atoms with E-state index in [0.717, 1.165) is 37.0 Å². The fraction of sp³-hybridized carbons (Fsp3) is 0.474. The Labute approximate surface area is 151 Å². The standard InChI is InChI=1S/C19H30N6/c1-6-25(7-2)18-11-10-16(13-21-18)14-22-19(20-3)24(5)15-17-9-8-12-23(17)4/h8-13H,6-7,14-15H2,1-5H3,(H,20,22). The molecule has 0 amide bonds. The summed E-state index contributed by atoms with van der Waals surface area (Å²) in [7, 11) is 5.91. The summed E-state index contributed by atoms with van der Waals surface area (Å²) < 4.78 is 2.12. The van der Waals surface area contributed by atoms with Crippen molar-refractivity contribution in [1.29, 1.82) is 0 Å². The average Bonchev–Trinajstić information content (AvgIpc) is 3.02. The van der Waals surface area contributed by atoms with Gasteiger partial charge in [-0.1, -0.05) is 6.07 Å². The van der Waals surface area contributed by atoms with E-state index < -0.39 is 0 Å². The number of pyridine rings is 1. The molecule has 0 radical (unpaired) electrons. The molecule has 2 rings (SSSR count). The van der Waals surface area contributed by atoms with E-state index in [9.17, 15) is 0 Å². The van der Waals surface area contributed by atoms with Gasteiger partial charge in [0.15, 0.2) is 5.96 Å². The molecule has 2 aromatic rings. The van der Waals surface area contributed by atoms with Crippen molar-refractivity contribution in [1.82, 2.24) is 19.8 Å². The molecule has 0 saturated heterocycles. The number of aryl methyl sites for hydroxylation is 1. The van der Waals surface area contributed by atoms with Crippen LogP contribution in [0.1, 0.15) is 25.1 Å². The molecule has 0 saturated carbocycles. The van der Waals surface area contributed by atoms with Gasteiger partial charge in [-0.15, -0.1) is 0 Å². The molecule has 0 aliphatic heterocycles. The van der Waals surface area contributed by atoms with E-state index in [1.807, 2.05) is 20.3 Å². The lowest BCUT2D eigenvalue weighted by molar-refractivity contribution is 0.461. The molecule has 0 aliphatic carbocycles. The number of hydrogen-bond donors (Lipinski definition) is 1. The summed E-state index contributed by atoms with van der Waals surface area (Å²) >= 11 is 0. The number of nitrogens with zero attached hydrogens (tertiary/aromatic N) is 5. The van der Waals surface area contributed by atoms with E-state index in [4.69, 9.17) is 0 Å². The third-order valence-electron chi connectivity index (χ3n) is 4.37. The number of guanidine groups is 1. The van der Waals surface area contributed by atoms with Gasteiger partial charge >= 0.3 is 0 Å². The third-order valence-corrected chi connectivity index (χ3v) is 4.37. The summed E-state index contributed by atoms with van der Waals surface area (Å²) in [6, 6.07) is 8.39. The van der Waals surface area contributed by atoms with Crippen LogP contribution in [0.3, 0.4) is 0 Å². The lowest BCUT2D eigenvalue weighted by Crippen LogP contribution is -2.38. The first-order chi connectivity index (χ1) is 12.1. The first kappa shape index (κ1) is 18.8. The van der Waals surface area contributed by atoms with Crippen molar-refractivity contribution in [2.75, 3.05) is 32.1 Å². The van der Waals surface area contributed by atoms with E-state index in [1.165, 1.54) is 5.69 Å². The van der Waals surface area contributed by atoms with Crippen LogP contribution in [-0.4, -0.2) is 47.6 Å². The number of rotatable bonds is 7. The van der Waals surface area contributed by atoms with Gasteiger partial charge in [0.2, 0.25) is 0 Å². The molecule has 6 nitrogen and oxygen atoms in total. The van der Waals surface area contributed by atoms with Crippen LogP contribution >= 0.6 is 0 Å². The van der Waals surface area contributed by atoms with Crippen molar-refractivity contribution in [2.45, 2.75) is 26.9 Å². The predicted octanol–water partition coefficient (Wildman–Crippen LogP) is 2.47. The van der Waals surface area contributed by atoms with Crippen molar-refractivity contribution in [3.63, 3.8) is 0 Å². The van der Waals surface area contributed by atoms with E-state index in [1.54, 1.807) is 0 Å². The normalized spacial score (nSPS) is 11.5. The Morgan fingerprint density at radius 2 is 2.00 bits per heavy atom. The lowest BCUT2D eigenvalue weighted by atomic mass is 10.2. The molecule has 0 atom stereocenters. The average molecular weight is 342 g/mol. The van der Waals surface area contributed by atoms with Crippen molar-refractivity contribution < 1.29 is 0 Å². The minimum absolute atomic E-state index is 0.704. The van der Waals surface area contributed by atoms with Crippen LogP contribution < -0.4 is 10.2 Å². The molecule has 0 unspecified atom stereocenters. The SMILES string of the molecule is CCN(CC)c1ccc(CNC(=NC)N(C)Cc2cccn2C)cn1. The summed E-state index contributed by atoms with van der Waals surface area (Å²) in [4.78, 5) is 13.3. The Morgan fingerprint density at radius 1 is 1.24 bits per heavy atom. The molecule has 6 heteroatoms. The van der Waals surface area contributed by atoms with Gasteiger partial charge in [0, 0.05) is 58.9 Å². The molecule has 0 bridgehead atoms. The van der Waals surface area contributed by atoms with Crippen LogP contribution in [-0.2, 0) is 20.1 Å². The quantitative estimate of drug-likeness (QED) is 0.620. The zero-order valence-electron chi connectivity index (χ0n) is 16.0. The summed E-state index contributed by atoms with van der Waals surface area (Å²) in [5, 5.41) is 3.41. The van der Waals surface area contributed by atoms with Gasteiger partial charge in [-0.05, 0) is 37.6 Å². The van der Waals surface area contributed by atoms with Crippen molar-refractivity contribution in [3.05, 3.63) is 47.9 Å². The molecule has 0 aromatic carbocycles. The van der Waals surface area contributed by atoms with Crippen LogP contribution in [0.2, 0.25) is 0 Å². The fourth-order valence-electron chi connectivity index (χ4n) is 2.80. The van der Waals surface area contributed by atoms with Gasteiger partial charge in [0.05, 0.1) is 6.54 Å². The highest BCUT2D eigenvalue weighted by atomic mass is 15.3. The maximum Gasteiger partial charge on any atom is 0.194 e. The summed E-state index contributed by atoms with van der Waals surface area (Å²) in [6.45, 7) is 7.74. The molecular formula is C19H30N6. The number of anilines is 1. The summed E-state index contributed by atoms with van der Waals surface area (Å²) in [5.74, 6) is 1.90. The summed E-state index contributed by atoms with van der Waals surface area (Å²) in [6.07, 6.45) is 3.99. The van der Waals surface area contributed by atoms with E-state index in [0.29, 0.717) is 6.54 Å². The molecule has 0 spiro atoms. The maximum atomic E-state index is 4.57. The monoisotopic (exact) mass is 342 g/mol. The molecule has 2 aromatic heterocycles. The Kier molecular flexibility index (Phi) is 6.86. The van der Waals surface area contributed by atoms with Crippen LogP contribution in [0.25, 0.3) is 0 Å². The van der Waals surface area contributed by atoms with Crippen molar-refractivity contribution in [2.24, 2.45) is 12.0 Å².